The second-order valence-electron chi connectivity index (χ2n) is 7.73. The molecular weight excluding hydrogens is 459 g/mol. The largest absolute Gasteiger partial charge is 0.489 e. The number of hydrogen-bond acceptors (Lipinski definition) is 2. The van der Waals surface area contributed by atoms with Crippen molar-refractivity contribution in [2.24, 2.45) is 0 Å². The molecule has 2 nitrogen and oxygen atoms in total. The summed E-state index contributed by atoms with van der Waals surface area (Å²) < 4.78 is 1.16. The van der Waals surface area contributed by atoms with Crippen molar-refractivity contribution in [3.05, 3.63) is 114 Å². The van der Waals surface area contributed by atoms with Gasteiger partial charge in [-0.25, -0.2) is 0 Å². The zero-order valence-corrected chi connectivity index (χ0v) is 18.8. The molecule has 0 atom stereocenters. The molecule has 0 spiro atoms. The SMILES string of the molecule is Brc1cc2ccccc2c2ccccc12.OB(O)c1cc2ccccc2c2ccccc12. The van der Waals surface area contributed by atoms with Gasteiger partial charge in [-0.05, 0) is 54.6 Å². The van der Waals surface area contributed by atoms with Gasteiger partial charge in [0, 0.05) is 4.47 Å². The fourth-order valence-electron chi connectivity index (χ4n) is 4.31. The lowest BCUT2D eigenvalue weighted by Gasteiger charge is -2.09. The van der Waals surface area contributed by atoms with E-state index in [1.165, 1.54) is 21.5 Å². The highest BCUT2D eigenvalue weighted by Crippen LogP contribution is 2.31. The molecule has 0 bridgehead atoms. The molecule has 0 saturated heterocycles. The van der Waals surface area contributed by atoms with Gasteiger partial charge in [0.05, 0.1) is 0 Å². The zero-order valence-electron chi connectivity index (χ0n) is 17.2. The van der Waals surface area contributed by atoms with Crippen molar-refractivity contribution in [1.29, 1.82) is 0 Å². The van der Waals surface area contributed by atoms with Crippen molar-refractivity contribution < 1.29 is 10.0 Å². The van der Waals surface area contributed by atoms with E-state index >= 15 is 0 Å². The Kier molecular flexibility index (Phi) is 5.67. The standard InChI is InChI=1S/C14H11BO2.C14H9Br/c16-15(17)14-9-10-5-1-2-6-11(10)12-7-3-4-8-13(12)14;15-14-9-10-5-1-2-6-11(10)12-7-3-4-8-13(12)14/h1-9,16-17H;1-9H. The lowest BCUT2D eigenvalue weighted by Crippen LogP contribution is -2.30. The van der Waals surface area contributed by atoms with E-state index in [1.807, 2.05) is 54.6 Å². The molecule has 6 rings (SSSR count). The van der Waals surface area contributed by atoms with Gasteiger partial charge in [-0.1, -0.05) is 119 Å². The summed E-state index contributed by atoms with van der Waals surface area (Å²) in [6, 6.07) is 36.7. The van der Waals surface area contributed by atoms with E-state index in [0.29, 0.717) is 5.46 Å². The number of fused-ring (bicyclic) bond motifs is 6. The van der Waals surface area contributed by atoms with Crippen LogP contribution in [-0.2, 0) is 0 Å². The smallest absolute Gasteiger partial charge is 0.423 e. The first kappa shape index (κ1) is 20.7. The summed E-state index contributed by atoms with van der Waals surface area (Å²) in [5.41, 5.74) is 0.555. The maximum Gasteiger partial charge on any atom is 0.489 e. The van der Waals surface area contributed by atoms with Crippen LogP contribution < -0.4 is 5.46 Å². The molecule has 4 heteroatoms. The van der Waals surface area contributed by atoms with Gasteiger partial charge >= 0.3 is 7.12 Å². The third-order valence-corrected chi connectivity index (χ3v) is 6.45. The Labute approximate surface area is 195 Å². The third kappa shape index (κ3) is 3.78. The molecule has 0 fully saturated rings. The topological polar surface area (TPSA) is 40.5 Å². The van der Waals surface area contributed by atoms with Crippen molar-refractivity contribution >= 4 is 71.6 Å². The van der Waals surface area contributed by atoms with Crippen LogP contribution in [0.3, 0.4) is 0 Å². The molecule has 0 aliphatic heterocycles. The maximum atomic E-state index is 9.44. The Morgan fingerprint density at radius 2 is 0.875 bits per heavy atom. The van der Waals surface area contributed by atoms with Crippen LogP contribution in [0, 0.1) is 0 Å². The predicted molar refractivity (Wildman–Crippen MR) is 140 cm³/mol. The molecule has 0 saturated carbocycles. The minimum absolute atomic E-state index is 0.555. The summed E-state index contributed by atoms with van der Waals surface area (Å²) in [4.78, 5) is 0. The van der Waals surface area contributed by atoms with Crippen LogP contribution in [-0.4, -0.2) is 17.2 Å². The number of rotatable bonds is 1. The van der Waals surface area contributed by atoms with Crippen LogP contribution in [0.25, 0.3) is 43.1 Å². The number of hydrogen-bond donors (Lipinski definition) is 2. The highest BCUT2D eigenvalue weighted by atomic mass is 79.9. The van der Waals surface area contributed by atoms with Crippen LogP contribution in [0.4, 0.5) is 0 Å². The lowest BCUT2D eigenvalue weighted by molar-refractivity contribution is 0.426. The normalized spacial score (nSPS) is 11.0. The van der Waals surface area contributed by atoms with Crippen LogP contribution in [0.5, 0.6) is 0 Å². The second kappa shape index (κ2) is 8.75. The molecule has 0 aliphatic carbocycles. The monoisotopic (exact) mass is 478 g/mol. The van der Waals surface area contributed by atoms with E-state index in [4.69, 9.17) is 0 Å². The second-order valence-corrected chi connectivity index (χ2v) is 8.59. The first-order valence-corrected chi connectivity index (χ1v) is 11.3. The summed E-state index contributed by atoms with van der Waals surface area (Å²) in [5, 5.41) is 28.1. The molecule has 6 aromatic carbocycles. The van der Waals surface area contributed by atoms with E-state index in [9.17, 15) is 10.0 Å². The van der Waals surface area contributed by atoms with Gasteiger partial charge in [0.2, 0.25) is 0 Å². The van der Waals surface area contributed by atoms with Gasteiger partial charge in [-0.2, -0.15) is 0 Å². The van der Waals surface area contributed by atoms with E-state index < -0.39 is 7.12 Å². The summed E-state index contributed by atoms with van der Waals surface area (Å²) in [6.07, 6.45) is 0. The molecular formula is C28H20BBrO2. The molecule has 0 aromatic heterocycles. The minimum Gasteiger partial charge on any atom is -0.423 e. The van der Waals surface area contributed by atoms with E-state index in [0.717, 1.165) is 26.0 Å². The summed E-state index contributed by atoms with van der Waals surface area (Å²) >= 11 is 3.62. The van der Waals surface area contributed by atoms with Crippen molar-refractivity contribution in [3.8, 4) is 0 Å². The summed E-state index contributed by atoms with van der Waals surface area (Å²) in [6.45, 7) is 0. The highest BCUT2D eigenvalue weighted by Gasteiger charge is 2.16. The predicted octanol–water partition coefficient (Wildman–Crippen LogP) is 6.43. The van der Waals surface area contributed by atoms with Crippen molar-refractivity contribution in [3.63, 3.8) is 0 Å². The Morgan fingerprint density at radius 3 is 1.44 bits per heavy atom. The maximum absolute atomic E-state index is 9.44. The fraction of sp³-hybridized carbons (Fsp3) is 0. The van der Waals surface area contributed by atoms with Gasteiger partial charge in [-0.3, -0.25) is 0 Å². The molecule has 0 aliphatic rings. The van der Waals surface area contributed by atoms with Crippen LogP contribution in [0.1, 0.15) is 0 Å². The average Bonchev–Trinajstić information content (AvgIpc) is 2.84. The molecule has 0 unspecified atom stereocenters. The van der Waals surface area contributed by atoms with Crippen LogP contribution >= 0.6 is 15.9 Å². The molecule has 0 amide bonds. The minimum atomic E-state index is -1.44. The van der Waals surface area contributed by atoms with E-state index in [2.05, 4.69) is 70.5 Å². The molecule has 32 heavy (non-hydrogen) atoms. The molecule has 2 N–H and O–H groups in total. The zero-order chi connectivity index (χ0) is 22.1. The third-order valence-electron chi connectivity index (χ3n) is 5.80. The Bertz CT molecular complexity index is 1580. The molecule has 0 heterocycles. The van der Waals surface area contributed by atoms with Crippen LogP contribution in [0.15, 0.2) is 114 Å². The number of benzene rings is 6. The molecule has 154 valence electrons. The van der Waals surface area contributed by atoms with Gasteiger partial charge in [-0.15, -0.1) is 0 Å². The van der Waals surface area contributed by atoms with Crippen LogP contribution in [0.2, 0.25) is 0 Å². The van der Waals surface area contributed by atoms with Crippen molar-refractivity contribution in [2.75, 3.05) is 0 Å². The first-order valence-electron chi connectivity index (χ1n) is 10.5. The first-order chi connectivity index (χ1) is 15.6. The summed E-state index contributed by atoms with van der Waals surface area (Å²) in [5.74, 6) is 0. The van der Waals surface area contributed by atoms with Gasteiger partial charge in [0.15, 0.2) is 0 Å². The average molecular weight is 479 g/mol. The van der Waals surface area contributed by atoms with Crippen molar-refractivity contribution in [2.45, 2.75) is 0 Å². The van der Waals surface area contributed by atoms with Gasteiger partial charge in [0.25, 0.3) is 0 Å². The van der Waals surface area contributed by atoms with Gasteiger partial charge < -0.3 is 10.0 Å². The van der Waals surface area contributed by atoms with Crippen molar-refractivity contribution in [1.82, 2.24) is 0 Å². The summed E-state index contributed by atoms with van der Waals surface area (Å²) in [7, 11) is -1.44. The van der Waals surface area contributed by atoms with E-state index in [1.54, 1.807) is 0 Å². The van der Waals surface area contributed by atoms with Gasteiger partial charge in [0.1, 0.15) is 0 Å². The Balaban J connectivity index is 0.000000136. The Hall–Kier alpha value is -3.18. The van der Waals surface area contributed by atoms with E-state index in [-0.39, 0.29) is 0 Å². The fourth-order valence-corrected chi connectivity index (χ4v) is 4.90. The quantitative estimate of drug-likeness (QED) is 0.211. The molecule has 6 aromatic rings. The number of halogens is 1. The highest BCUT2D eigenvalue weighted by molar-refractivity contribution is 9.10. The lowest BCUT2D eigenvalue weighted by atomic mass is 9.76. The molecule has 0 radical (unpaired) electrons. The Morgan fingerprint density at radius 1 is 0.469 bits per heavy atom.